The van der Waals surface area contributed by atoms with Crippen molar-refractivity contribution in [2.75, 3.05) is 26.1 Å². The van der Waals surface area contributed by atoms with E-state index >= 15 is 0 Å². The fourth-order valence-corrected chi connectivity index (χ4v) is 2.99. The molecular weight excluding hydrogens is 450 g/mol. The van der Waals surface area contributed by atoms with E-state index in [-0.39, 0.29) is 23.6 Å². The van der Waals surface area contributed by atoms with Gasteiger partial charge in [0.2, 0.25) is 0 Å². The van der Waals surface area contributed by atoms with Crippen LogP contribution < -0.4 is 14.8 Å². The molecule has 0 saturated carbocycles. The van der Waals surface area contributed by atoms with Gasteiger partial charge in [-0.2, -0.15) is 0 Å². The first kappa shape index (κ1) is 23.6. The lowest BCUT2D eigenvalue weighted by atomic mass is 10.1. The second-order valence-electron chi connectivity index (χ2n) is 6.58. The molecule has 170 valence electrons. The number of anilines is 1. The third kappa shape index (κ3) is 6.24. The fourth-order valence-electron chi connectivity index (χ4n) is 2.80. The summed E-state index contributed by atoms with van der Waals surface area (Å²) >= 11 is 6.00. The van der Waals surface area contributed by atoms with Crippen molar-refractivity contribution >= 4 is 35.1 Å². The van der Waals surface area contributed by atoms with Crippen LogP contribution in [0.15, 0.2) is 66.7 Å². The number of methoxy groups -OCH3 is 2. The van der Waals surface area contributed by atoms with E-state index in [1.165, 1.54) is 32.4 Å². The first-order valence-electron chi connectivity index (χ1n) is 9.67. The van der Waals surface area contributed by atoms with E-state index in [0.29, 0.717) is 28.0 Å². The summed E-state index contributed by atoms with van der Waals surface area (Å²) in [4.78, 5) is 36.0. The molecule has 0 spiro atoms. The summed E-state index contributed by atoms with van der Waals surface area (Å²) in [6, 6.07) is 17.8. The van der Waals surface area contributed by atoms with E-state index < -0.39 is 11.9 Å². The van der Waals surface area contributed by atoms with Crippen LogP contribution in [0.5, 0.6) is 17.2 Å². The highest BCUT2D eigenvalue weighted by atomic mass is 35.5. The Hall–Kier alpha value is -4.04. The van der Waals surface area contributed by atoms with E-state index in [9.17, 15) is 14.4 Å². The monoisotopic (exact) mass is 469 g/mol. The second-order valence-corrected chi connectivity index (χ2v) is 6.99. The van der Waals surface area contributed by atoms with Crippen LogP contribution in [0, 0.1) is 0 Å². The summed E-state index contributed by atoms with van der Waals surface area (Å²) < 4.78 is 20.6. The van der Waals surface area contributed by atoms with Gasteiger partial charge in [-0.05, 0) is 54.6 Å². The highest BCUT2D eigenvalue weighted by Crippen LogP contribution is 2.27. The normalized spacial score (nSPS) is 10.2. The molecule has 0 aliphatic heterocycles. The number of benzene rings is 3. The van der Waals surface area contributed by atoms with Gasteiger partial charge in [0.25, 0.3) is 5.91 Å². The second kappa shape index (κ2) is 11.0. The number of hydrogen-bond acceptors (Lipinski definition) is 7. The first-order valence-corrected chi connectivity index (χ1v) is 10.0. The van der Waals surface area contributed by atoms with Crippen LogP contribution in [0.4, 0.5) is 5.69 Å². The van der Waals surface area contributed by atoms with E-state index in [2.05, 4.69) is 10.1 Å². The molecule has 0 aliphatic rings. The minimum atomic E-state index is -0.696. The maximum absolute atomic E-state index is 12.1. The smallest absolute Gasteiger partial charge is 0.338 e. The zero-order chi connectivity index (χ0) is 23.8. The number of ether oxygens (including phenoxy) is 4. The third-order valence-corrected chi connectivity index (χ3v) is 4.68. The summed E-state index contributed by atoms with van der Waals surface area (Å²) in [5, 5.41) is 3.12. The summed E-state index contributed by atoms with van der Waals surface area (Å²) in [6.45, 7) is -0.204. The van der Waals surface area contributed by atoms with Crippen LogP contribution in [0.25, 0.3) is 0 Å². The Bertz CT molecular complexity index is 1160. The molecule has 8 nitrogen and oxygen atoms in total. The van der Waals surface area contributed by atoms with Crippen LogP contribution in [0.1, 0.15) is 20.7 Å². The van der Waals surface area contributed by atoms with Crippen molar-refractivity contribution in [3.05, 3.63) is 82.9 Å². The molecule has 0 aromatic heterocycles. The lowest BCUT2D eigenvalue weighted by Crippen LogP contribution is -2.20. The predicted molar refractivity (Wildman–Crippen MR) is 121 cm³/mol. The largest absolute Gasteiger partial charge is 0.482 e. The van der Waals surface area contributed by atoms with Crippen LogP contribution in [-0.2, 0) is 14.3 Å². The average Bonchev–Trinajstić information content (AvgIpc) is 2.83. The molecule has 0 unspecified atom stereocenters. The van der Waals surface area contributed by atoms with Gasteiger partial charge in [0.1, 0.15) is 17.2 Å². The third-order valence-electron chi connectivity index (χ3n) is 4.37. The molecule has 0 radical (unpaired) electrons. The van der Waals surface area contributed by atoms with Crippen molar-refractivity contribution < 1.29 is 33.3 Å². The zero-order valence-electron chi connectivity index (χ0n) is 17.8. The molecule has 3 aromatic carbocycles. The van der Waals surface area contributed by atoms with E-state index in [0.717, 1.165) is 0 Å². The molecule has 1 N–H and O–H groups in total. The minimum absolute atomic E-state index is 0.0178. The Morgan fingerprint density at radius 1 is 0.818 bits per heavy atom. The molecule has 0 atom stereocenters. The van der Waals surface area contributed by atoms with Crippen molar-refractivity contribution in [1.29, 1.82) is 0 Å². The van der Waals surface area contributed by atoms with Crippen molar-refractivity contribution in [1.82, 2.24) is 0 Å². The van der Waals surface area contributed by atoms with Crippen molar-refractivity contribution in [3.63, 3.8) is 0 Å². The molecule has 0 aliphatic carbocycles. The maximum atomic E-state index is 12.1. The standard InChI is InChI=1S/C24H20ClNO7/c1-30-23(28)18-12-11-17(13-19(18)24(29)31-2)33-16-9-7-15(8-10-16)26-22(27)14-32-21-6-4-3-5-20(21)25/h3-13H,14H2,1-2H3,(H,26,27). The molecule has 33 heavy (non-hydrogen) atoms. The number of esters is 2. The number of halogens is 1. The van der Waals surface area contributed by atoms with Gasteiger partial charge in [0, 0.05) is 5.69 Å². The lowest BCUT2D eigenvalue weighted by molar-refractivity contribution is -0.118. The Morgan fingerprint density at radius 3 is 2.12 bits per heavy atom. The molecule has 1 amide bonds. The fraction of sp³-hybridized carbons (Fsp3) is 0.125. The Kier molecular flexibility index (Phi) is 7.88. The topological polar surface area (TPSA) is 100 Å². The van der Waals surface area contributed by atoms with E-state index in [4.69, 9.17) is 25.8 Å². The lowest BCUT2D eigenvalue weighted by Gasteiger charge is -2.11. The van der Waals surface area contributed by atoms with Gasteiger partial charge in [-0.15, -0.1) is 0 Å². The molecule has 3 aromatic rings. The molecule has 0 saturated heterocycles. The summed E-state index contributed by atoms with van der Waals surface area (Å²) in [6.07, 6.45) is 0. The number of hydrogen-bond donors (Lipinski definition) is 1. The molecule has 0 fully saturated rings. The van der Waals surface area contributed by atoms with Gasteiger partial charge in [-0.1, -0.05) is 23.7 Å². The predicted octanol–water partition coefficient (Wildman–Crippen LogP) is 4.72. The highest BCUT2D eigenvalue weighted by molar-refractivity contribution is 6.32. The van der Waals surface area contributed by atoms with Crippen LogP contribution >= 0.6 is 11.6 Å². The van der Waals surface area contributed by atoms with Gasteiger partial charge in [0.15, 0.2) is 6.61 Å². The van der Waals surface area contributed by atoms with Gasteiger partial charge in [-0.25, -0.2) is 9.59 Å². The zero-order valence-corrected chi connectivity index (χ0v) is 18.5. The Balaban J connectivity index is 1.63. The number of rotatable bonds is 8. The quantitative estimate of drug-likeness (QED) is 0.476. The number of nitrogens with one attached hydrogen (secondary N) is 1. The number of carbonyl (C=O) groups excluding carboxylic acids is 3. The van der Waals surface area contributed by atoms with Gasteiger partial charge >= 0.3 is 11.9 Å². The highest BCUT2D eigenvalue weighted by Gasteiger charge is 2.19. The number of amides is 1. The van der Waals surface area contributed by atoms with Crippen LogP contribution in [0.2, 0.25) is 5.02 Å². The van der Waals surface area contributed by atoms with Gasteiger partial charge < -0.3 is 24.3 Å². The summed E-state index contributed by atoms with van der Waals surface area (Å²) in [5.74, 6) is -0.541. The van der Waals surface area contributed by atoms with Crippen molar-refractivity contribution in [2.24, 2.45) is 0 Å². The minimum Gasteiger partial charge on any atom is -0.482 e. The van der Waals surface area contributed by atoms with Crippen molar-refractivity contribution in [3.8, 4) is 17.2 Å². The summed E-state index contributed by atoms with van der Waals surface area (Å²) in [7, 11) is 2.43. The SMILES string of the molecule is COC(=O)c1ccc(Oc2ccc(NC(=O)COc3ccccc3Cl)cc2)cc1C(=O)OC. The first-order chi connectivity index (χ1) is 15.9. The van der Waals surface area contributed by atoms with E-state index in [1.807, 2.05) is 0 Å². The molecule has 9 heteroatoms. The number of para-hydroxylation sites is 1. The van der Waals surface area contributed by atoms with Gasteiger partial charge in [0.05, 0.1) is 30.4 Å². The van der Waals surface area contributed by atoms with Crippen LogP contribution in [0.3, 0.4) is 0 Å². The maximum Gasteiger partial charge on any atom is 0.338 e. The Morgan fingerprint density at radius 2 is 1.45 bits per heavy atom. The van der Waals surface area contributed by atoms with Crippen molar-refractivity contribution in [2.45, 2.75) is 0 Å². The summed E-state index contributed by atoms with van der Waals surface area (Å²) in [5.41, 5.74) is 0.615. The number of carbonyl (C=O) groups is 3. The van der Waals surface area contributed by atoms with E-state index in [1.54, 1.807) is 48.5 Å². The van der Waals surface area contributed by atoms with Gasteiger partial charge in [-0.3, -0.25) is 4.79 Å². The Labute approximate surface area is 195 Å². The molecule has 3 rings (SSSR count). The molecule has 0 heterocycles. The molecule has 0 bridgehead atoms. The average molecular weight is 470 g/mol. The van der Waals surface area contributed by atoms with Crippen LogP contribution in [-0.4, -0.2) is 38.7 Å². The molecular formula is C24H20ClNO7.